The van der Waals surface area contributed by atoms with Crippen molar-refractivity contribution in [3.63, 3.8) is 0 Å². The molecular formula is C49H80N4O22. The van der Waals surface area contributed by atoms with Crippen LogP contribution in [0, 0.1) is 0 Å². The zero-order chi connectivity index (χ0) is 55.4. The predicted octanol–water partition coefficient (Wildman–Crippen LogP) is -3.56. The molecule has 26 heteroatoms. The maximum Gasteiger partial charge on any atom is 0.251 e. The van der Waals surface area contributed by atoms with Gasteiger partial charge < -0.3 is 110 Å². The fourth-order valence-electron chi connectivity index (χ4n) is 8.80. The van der Waals surface area contributed by atoms with Crippen molar-refractivity contribution < 1.29 is 108 Å². The van der Waals surface area contributed by atoms with Crippen LogP contribution >= 0.6 is 0 Å². The van der Waals surface area contributed by atoms with Gasteiger partial charge in [-0.2, -0.15) is 0 Å². The zero-order valence-corrected chi connectivity index (χ0v) is 43.0. The molecule has 3 aliphatic rings. The maximum absolute atomic E-state index is 13.7. The first-order chi connectivity index (χ1) is 35.8. The quantitative estimate of drug-likeness (QED) is 0.0201. The summed E-state index contributed by atoms with van der Waals surface area (Å²) in [4.78, 5) is 50.9. The minimum atomic E-state index is -1.92. The highest BCUT2D eigenvalue weighted by Gasteiger charge is 2.55. The van der Waals surface area contributed by atoms with Crippen molar-refractivity contribution in [1.82, 2.24) is 21.3 Å². The van der Waals surface area contributed by atoms with E-state index in [2.05, 4.69) is 40.3 Å². The number of aliphatic hydroxyl groups excluding tert-OH is 10. The van der Waals surface area contributed by atoms with Gasteiger partial charge in [-0.05, 0) is 50.8 Å². The second-order valence-electron chi connectivity index (χ2n) is 18.7. The Kier molecular flexibility index (Phi) is 27.1. The molecule has 11 unspecified atom stereocenters. The Morgan fingerprint density at radius 3 is 1.73 bits per heavy atom. The molecule has 428 valence electrons. The highest BCUT2D eigenvalue weighted by atomic mass is 16.8. The molecule has 1 aromatic rings. The number of unbranched alkanes of at least 4 members (excludes halogenated alkanes) is 5. The lowest BCUT2D eigenvalue weighted by atomic mass is 9.93. The normalized spacial score (nSPS) is 31.7. The molecule has 0 radical (unpaired) electrons. The van der Waals surface area contributed by atoms with Gasteiger partial charge in [-0.3, -0.25) is 19.2 Å². The van der Waals surface area contributed by atoms with E-state index >= 15 is 0 Å². The van der Waals surface area contributed by atoms with E-state index in [1.54, 1.807) is 12.1 Å². The topological polar surface area (TPSA) is 393 Å². The molecule has 26 nitrogen and oxygen atoms in total. The van der Waals surface area contributed by atoms with E-state index < -0.39 is 173 Å². The van der Waals surface area contributed by atoms with Gasteiger partial charge in [0.25, 0.3) is 5.91 Å². The Morgan fingerprint density at radius 2 is 1.20 bits per heavy atom. The van der Waals surface area contributed by atoms with Gasteiger partial charge >= 0.3 is 0 Å². The summed E-state index contributed by atoms with van der Waals surface area (Å²) in [5.74, 6) is -2.40. The first-order valence-electron chi connectivity index (χ1n) is 25.3. The fraction of sp³-hybridized carbons (Fsp3) is 0.755. The molecule has 3 heterocycles. The number of ether oxygens (including phenoxy) is 8. The average Bonchev–Trinajstić information content (AvgIpc) is 3.37. The van der Waals surface area contributed by atoms with Gasteiger partial charge in [0, 0.05) is 26.3 Å². The zero-order valence-electron chi connectivity index (χ0n) is 43.0. The van der Waals surface area contributed by atoms with Crippen LogP contribution in [0.1, 0.15) is 89.9 Å². The number of hydrogen-bond donors (Lipinski definition) is 14. The first kappa shape index (κ1) is 63.5. The summed E-state index contributed by atoms with van der Waals surface area (Å²) < 4.78 is 47.6. The second-order valence-corrected chi connectivity index (χ2v) is 18.7. The Morgan fingerprint density at radius 1 is 0.680 bits per heavy atom. The van der Waals surface area contributed by atoms with Crippen LogP contribution in [0.4, 0.5) is 0 Å². The van der Waals surface area contributed by atoms with Crippen LogP contribution in [0.5, 0.6) is 5.75 Å². The molecule has 3 aliphatic heterocycles. The number of rotatable bonds is 30. The van der Waals surface area contributed by atoms with Crippen molar-refractivity contribution in [2.45, 2.75) is 196 Å². The third-order valence-electron chi connectivity index (χ3n) is 12.7. The van der Waals surface area contributed by atoms with Gasteiger partial charge in [-0.1, -0.05) is 44.4 Å². The molecule has 0 saturated carbocycles. The third kappa shape index (κ3) is 18.6. The summed E-state index contributed by atoms with van der Waals surface area (Å²) in [6.45, 7) is 2.82. The Bertz CT molecular complexity index is 1920. The number of benzene rings is 1. The van der Waals surface area contributed by atoms with E-state index in [0.717, 1.165) is 46.5 Å². The predicted molar refractivity (Wildman–Crippen MR) is 260 cm³/mol. The van der Waals surface area contributed by atoms with Crippen LogP contribution in [0.2, 0.25) is 0 Å². The summed E-state index contributed by atoms with van der Waals surface area (Å²) >= 11 is 0. The van der Waals surface area contributed by atoms with Crippen LogP contribution in [0.3, 0.4) is 0 Å². The number of amides is 4. The van der Waals surface area contributed by atoms with Crippen LogP contribution in [0.15, 0.2) is 36.4 Å². The van der Waals surface area contributed by atoms with E-state index in [1.165, 1.54) is 38.3 Å². The van der Waals surface area contributed by atoms with Gasteiger partial charge in [0.2, 0.25) is 17.7 Å². The lowest BCUT2D eigenvalue weighted by molar-refractivity contribution is -0.358. The minimum absolute atomic E-state index is 0.165. The van der Waals surface area contributed by atoms with Crippen LogP contribution in [-0.2, 0) is 47.5 Å². The highest BCUT2D eigenvalue weighted by Crippen LogP contribution is 2.34. The van der Waals surface area contributed by atoms with Crippen molar-refractivity contribution in [3.8, 4) is 5.75 Å². The van der Waals surface area contributed by atoms with Crippen LogP contribution in [0.25, 0.3) is 0 Å². The van der Waals surface area contributed by atoms with Gasteiger partial charge in [-0.25, -0.2) is 0 Å². The van der Waals surface area contributed by atoms with Crippen LogP contribution < -0.4 is 26.0 Å². The number of carbonyl (C=O) groups excluding carboxylic acids is 4. The minimum Gasteiger partial charge on any atom is -0.494 e. The van der Waals surface area contributed by atoms with Gasteiger partial charge in [0.15, 0.2) is 25.2 Å². The third-order valence-corrected chi connectivity index (χ3v) is 12.7. The molecule has 19 atom stereocenters. The summed E-state index contributed by atoms with van der Waals surface area (Å²) in [6, 6.07) is 0.405. The molecule has 0 aliphatic carbocycles. The lowest BCUT2D eigenvalue weighted by Gasteiger charge is -2.50. The van der Waals surface area contributed by atoms with E-state index in [4.69, 9.17) is 37.9 Å². The molecule has 0 bridgehead atoms. The highest BCUT2D eigenvalue weighted by molar-refractivity contribution is 5.94. The number of hydrogen-bond acceptors (Lipinski definition) is 22. The van der Waals surface area contributed by atoms with E-state index in [1.807, 2.05) is 0 Å². The van der Waals surface area contributed by atoms with Gasteiger partial charge in [0.1, 0.15) is 91.0 Å². The first-order valence-corrected chi connectivity index (χ1v) is 25.3. The second kappa shape index (κ2) is 32.0. The average molecular weight is 1080 g/mol. The number of carbonyl (C=O) groups is 4. The van der Waals surface area contributed by atoms with Crippen molar-refractivity contribution in [1.29, 1.82) is 0 Å². The molecule has 0 spiro atoms. The summed E-state index contributed by atoms with van der Waals surface area (Å²) in [7, 11) is 0. The lowest BCUT2D eigenvalue weighted by Crippen LogP contribution is -2.71. The van der Waals surface area contributed by atoms with E-state index in [9.17, 15) is 70.2 Å². The largest absolute Gasteiger partial charge is 0.494 e. The number of nitrogens with one attached hydrogen (secondary N) is 4. The standard InChI is InChI=1S/C49H80N4O22/c1-6-7-8-9-10-11-12-13-14-18-68-30-17-15-16-29(19-30)45(66)50-25(2)47(70-32(21-55)31(62)20-54)73-43-34(23-57)71-49(37(40(43)64)52-27(4)60)75-44-35(24-58)72-48(38(41(44)65)53-28(5)61)74-42-33(22-56)69-46(67)36(39(42)63)51-26(3)59/h11-12,15-17,19,25,31-44,46-49,54-58,62-65,67H,6-10,13-14,18,20-24H2,1-5H3,(H,50,66)(H,51,59)(H,52,60)(H,53,61)/b12-11-/t25?,31-,32?,33?,34?,35?,36?,37?,38?,39?,40?,41?,42+,43+,44+,46+,47-,48-,49-/m0/s1. The maximum atomic E-state index is 13.7. The summed E-state index contributed by atoms with van der Waals surface area (Å²) in [6.07, 6.45) is -14.0. The summed E-state index contributed by atoms with van der Waals surface area (Å²) in [5.41, 5.74) is 0.165. The van der Waals surface area contributed by atoms with E-state index in [-0.39, 0.29) is 5.56 Å². The van der Waals surface area contributed by atoms with Crippen molar-refractivity contribution in [2.24, 2.45) is 0 Å². The Hall–Kier alpha value is -4.04. The molecule has 3 fully saturated rings. The molecule has 4 rings (SSSR count). The Balaban J connectivity index is 1.55. The molecule has 75 heavy (non-hydrogen) atoms. The van der Waals surface area contributed by atoms with Crippen molar-refractivity contribution >= 4 is 23.6 Å². The molecular weight excluding hydrogens is 997 g/mol. The Labute approximate surface area is 435 Å². The number of aliphatic hydroxyl groups is 10. The van der Waals surface area contributed by atoms with Crippen LogP contribution in [-0.4, -0.2) is 231 Å². The molecule has 0 aromatic heterocycles. The number of allylic oxidation sites excluding steroid dienone is 2. The van der Waals surface area contributed by atoms with Gasteiger partial charge in [0.05, 0.1) is 45.7 Å². The smallest absolute Gasteiger partial charge is 0.251 e. The monoisotopic (exact) mass is 1080 g/mol. The van der Waals surface area contributed by atoms with Crippen molar-refractivity contribution in [3.05, 3.63) is 42.0 Å². The molecule has 14 N–H and O–H groups in total. The SMILES string of the molecule is CCCCCC/C=C\CCCOc1cccc(C(=O)NC(C)[C@@H](OC(CO)[C@@H](O)CO)O[C@@H]2C(CO)O[C@@H](O[C@@H]3C(CO)O[C@@H](O[C@@H]4C(CO)O[C@@H](O)C(NC(C)=O)C4O)C(NC(C)=O)C3O)C(NC(C)=O)C2O)c1. The van der Waals surface area contributed by atoms with Gasteiger partial charge in [-0.15, -0.1) is 0 Å². The molecule has 4 amide bonds. The summed E-state index contributed by atoms with van der Waals surface area (Å²) in [5, 5.41) is 117. The fourth-order valence-corrected chi connectivity index (χ4v) is 8.80. The van der Waals surface area contributed by atoms with E-state index in [0.29, 0.717) is 12.4 Å². The molecule has 1 aromatic carbocycles. The van der Waals surface area contributed by atoms with Crippen molar-refractivity contribution in [2.75, 3.05) is 39.6 Å². The molecule has 3 saturated heterocycles.